The van der Waals surface area contributed by atoms with E-state index in [9.17, 15) is 13.2 Å². The van der Waals surface area contributed by atoms with Gasteiger partial charge in [-0.3, -0.25) is 9.20 Å². The number of hydrogen-bond donors (Lipinski definition) is 1. The van der Waals surface area contributed by atoms with Gasteiger partial charge in [0, 0.05) is 40.8 Å². The van der Waals surface area contributed by atoms with Crippen LogP contribution in [0.5, 0.6) is 0 Å². The minimum absolute atomic E-state index is 0.184. The lowest BCUT2D eigenvalue weighted by Gasteiger charge is -2.07. The summed E-state index contributed by atoms with van der Waals surface area (Å²) in [4.78, 5) is 18.0. The molecule has 0 aliphatic rings. The third kappa shape index (κ3) is 3.62. The predicted octanol–water partition coefficient (Wildman–Crippen LogP) is 3.72. The van der Waals surface area contributed by atoms with Crippen LogP contribution >= 0.6 is 11.3 Å². The van der Waals surface area contributed by atoms with Crippen molar-refractivity contribution in [3.8, 4) is 11.3 Å². The lowest BCUT2D eigenvalue weighted by Crippen LogP contribution is -2.12. The number of anilines is 1. The van der Waals surface area contributed by atoms with E-state index >= 15 is 0 Å². The topological polar surface area (TPSA) is 80.5 Å². The van der Waals surface area contributed by atoms with Crippen LogP contribution < -0.4 is 5.32 Å². The van der Waals surface area contributed by atoms with Gasteiger partial charge in [-0.1, -0.05) is 12.1 Å². The second-order valence-corrected chi connectivity index (χ2v) is 8.94. The molecule has 0 saturated carbocycles. The number of fused-ring (bicyclic) bond motifs is 1. The van der Waals surface area contributed by atoms with Crippen LogP contribution in [-0.4, -0.2) is 30.0 Å². The molecule has 0 radical (unpaired) electrons. The summed E-state index contributed by atoms with van der Waals surface area (Å²) >= 11 is 1.57. The van der Waals surface area contributed by atoms with Crippen LogP contribution in [0.4, 0.5) is 5.69 Å². The van der Waals surface area contributed by atoms with E-state index in [0.29, 0.717) is 11.3 Å². The molecule has 1 N–H and O–H groups in total. The van der Waals surface area contributed by atoms with Gasteiger partial charge in [0.15, 0.2) is 14.8 Å². The Kier molecular flexibility index (Phi) is 4.29. The van der Waals surface area contributed by atoms with Crippen LogP contribution in [0.3, 0.4) is 0 Å². The van der Waals surface area contributed by atoms with Gasteiger partial charge in [0.05, 0.1) is 10.6 Å². The molecule has 6 nitrogen and oxygen atoms in total. The zero-order chi connectivity index (χ0) is 19.0. The number of benzene rings is 2. The highest BCUT2D eigenvalue weighted by Crippen LogP contribution is 2.23. The summed E-state index contributed by atoms with van der Waals surface area (Å²) in [5, 5.41) is 4.78. The molecular formula is C19H15N3O3S2. The first-order chi connectivity index (χ1) is 12.9. The highest BCUT2D eigenvalue weighted by Gasteiger charge is 2.11. The molecule has 4 rings (SSSR count). The standard InChI is InChI=1S/C19H15N3O3S2/c1-27(24,25)16-8-4-14(5-9-16)18(23)20-15-6-2-13(3-7-15)17-12-22-10-11-26-19(22)21-17/h2-12H,1H3,(H,20,23). The molecule has 4 aromatic rings. The molecule has 0 saturated heterocycles. The number of hydrogen-bond acceptors (Lipinski definition) is 5. The summed E-state index contributed by atoms with van der Waals surface area (Å²) in [6.07, 6.45) is 5.05. The Balaban J connectivity index is 1.49. The quantitative estimate of drug-likeness (QED) is 0.569. The Morgan fingerprint density at radius 1 is 1.07 bits per heavy atom. The molecule has 136 valence electrons. The van der Waals surface area contributed by atoms with Gasteiger partial charge >= 0.3 is 0 Å². The van der Waals surface area contributed by atoms with E-state index in [2.05, 4.69) is 10.3 Å². The van der Waals surface area contributed by atoms with Crippen molar-refractivity contribution < 1.29 is 13.2 Å². The maximum Gasteiger partial charge on any atom is 0.255 e. The van der Waals surface area contributed by atoms with Crippen molar-refractivity contribution in [1.29, 1.82) is 0 Å². The smallest absolute Gasteiger partial charge is 0.255 e. The van der Waals surface area contributed by atoms with Crippen LogP contribution in [-0.2, 0) is 9.84 Å². The molecule has 0 aliphatic heterocycles. The van der Waals surface area contributed by atoms with Crippen molar-refractivity contribution in [1.82, 2.24) is 9.38 Å². The molecule has 0 fully saturated rings. The van der Waals surface area contributed by atoms with Crippen LogP contribution in [0.25, 0.3) is 16.2 Å². The van der Waals surface area contributed by atoms with Gasteiger partial charge in [-0.15, -0.1) is 11.3 Å². The van der Waals surface area contributed by atoms with E-state index < -0.39 is 9.84 Å². The van der Waals surface area contributed by atoms with E-state index in [4.69, 9.17) is 0 Å². The second-order valence-electron chi connectivity index (χ2n) is 6.05. The average molecular weight is 397 g/mol. The van der Waals surface area contributed by atoms with E-state index in [1.54, 1.807) is 11.3 Å². The maximum absolute atomic E-state index is 12.3. The van der Waals surface area contributed by atoms with Gasteiger partial charge in [-0.05, 0) is 36.4 Å². The van der Waals surface area contributed by atoms with Gasteiger partial charge in [0.2, 0.25) is 0 Å². The number of imidazole rings is 1. The monoisotopic (exact) mass is 397 g/mol. The number of nitrogens with one attached hydrogen (secondary N) is 1. The lowest BCUT2D eigenvalue weighted by atomic mass is 10.1. The Morgan fingerprint density at radius 2 is 1.78 bits per heavy atom. The Hall–Kier alpha value is -2.97. The first kappa shape index (κ1) is 17.4. The van der Waals surface area contributed by atoms with E-state index in [-0.39, 0.29) is 10.8 Å². The third-order valence-corrected chi connectivity index (χ3v) is 5.98. The number of rotatable bonds is 4. The van der Waals surface area contributed by atoms with Crippen LogP contribution in [0.15, 0.2) is 71.2 Å². The summed E-state index contributed by atoms with van der Waals surface area (Å²) in [5.74, 6) is -0.301. The summed E-state index contributed by atoms with van der Waals surface area (Å²) in [7, 11) is -3.28. The van der Waals surface area contributed by atoms with Gasteiger partial charge in [0.1, 0.15) is 0 Å². The number of amides is 1. The fourth-order valence-corrected chi connectivity index (χ4v) is 3.98. The molecule has 2 heterocycles. The molecule has 0 atom stereocenters. The van der Waals surface area contributed by atoms with Crippen LogP contribution in [0.1, 0.15) is 10.4 Å². The van der Waals surface area contributed by atoms with E-state index in [1.165, 1.54) is 24.3 Å². The molecule has 0 bridgehead atoms. The van der Waals surface area contributed by atoms with Crippen molar-refractivity contribution in [2.24, 2.45) is 0 Å². The number of thiazole rings is 1. The number of nitrogens with zero attached hydrogens (tertiary/aromatic N) is 2. The SMILES string of the molecule is CS(=O)(=O)c1ccc(C(=O)Nc2ccc(-c3cn4ccsc4n3)cc2)cc1. The van der Waals surface area contributed by atoms with Gasteiger partial charge in [-0.25, -0.2) is 13.4 Å². The largest absolute Gasteiger partial charge is 0.322 e. The first-order valence-electron chi connectivity index (χ1n) is 8.04. The number of aromatic nitrogens is 2. The summed E-state index contributed by atoms with van der Waals surface area (Å²) < 4.78 is 24.9. The van der Waals surface area contributed by atoms with Gasteiger partial charge in [-0.2, -0.15) is 0 Å². The van der Waals surface area contributed by atoms with E-state index in [1.807, 2.05) is 46.4 Å². The molecule has 27 heavy (non-hydrogen) atoms. The predicted molar refractivity (Wildman–Crippen MR) is 106 cm³/mol. The fourth-order valence-electron chi connectivity index (χ4n) is 2.65. The molecule has 0 spiro atoms. The first-order valence-corrected chi connectivity index (χ1v) is 10.8. The Labute approximate surface area is 160 Å². The van der Waals surface area contributed by atoms with Gasteiger partial charge < -0.3 is 5.32 Å². The molecule has 1 amide bonds. The zero-order valence-electron chi connectivity index (χ0n) is 14.3. The Bertz CT molecular complexity index is 1190. The highest BCUT2D eigenvalue weighted by molar-refractivity contribution is 7.90. The average Bonchev–Trinajstić information content (AvgIpc) is 3.24. The van der Waals surface area contributed by atoms with Crippen LogP contribution in [0, 0.1) is 0 Å². The molecule has 0 aliphatic carbocycles. The molecule has 0 unspecified atom stereocenters. The maximum atomic E-state index is 12.3. The van der Waals surface area contributed by atoms with Crippen molar-refractivity contribution in [2.45, 2.75) is 4.90 Å². The number of carbonyl (C=O) groups is 1. The van der Waals surface area contributed by atoms with Crippen molar-refractivity contribution >= 4 is 37.7 Å². The normalized spacial score (nSPS) is 11.6. The molecular weight excluding hydrogens is 382 g/mol. The number of carbonyl (C=O) groups excluding carboxylic acids is 1. The highest BCUT2D eigenvalue weighted by atomic mass is 32.2. The lowest BCUT2D eigenvalue weighted by molar-refractivity contribution is 0.102. The molecule has 2 aromatic carbocycles. The number of sulfone groups is 1. The van der Waals surface area contributed by atoms with Crippen molar-refractivity contribution in [3.63, 3.8) is 0 Å². The fraction of sp³-hybridized carbons (Fsp3) is 0.0526. The minimum atomic E-state index is -3.28. The van der Waals surface area contributed by atoms with Crippen molar-refractivity contribution in [3.05, 3.63) is 71.9 Å². The van der Waals surface area contributed by atoms with Gasteiger partial charge in [0.25, 0.3) is 5.91 Å². The minimum Gasteiger partial charge on any atom is -0.322 e. The Morgan fingerprint density at radius 3 is 2.41 bits per heavy atom. The molecule has 2 aromatic heterocycles. The second kappa shape index (κ2) is 6.64. The zero-order valence-corrected chi connectivity index (χ0v) is 15.9. The van der Waals surface area contributed by atoms with E-state index in [0.717, 1.165) is 22.5 Å². The molecule has 8 heteroatoms. The van der Waals surface area contributed by atoms with Crippen LogP contribution in [0.2, 0.25) is 0 Å². The van der Waals surface area contributed by atoms with Crippen molar-refractivity contribution in [2.75, 3.05) is 11.6 Å². The summed E-state index contributed by atoms with van der Waals surface area (Å²) in [6.45, 7) is 0. The summed E-state index contributed by atoms with van der Waals surface area (Å²) in [6, 6.07) is 13.3. The summed E-state index contributed by atoms with van der Waals surface area (Å²) in [5.41, 5.74) is 2.87. The third-order valence-electron chi connectivity index (χ3n) is 4.08.